The maximum atomic E-state index is 14.2. The molecule has 3 fully saturated rings. The van der Waals surface area contributed by atoms with Crippen LogP contribution >= 0.6 is 0 Å². The first-order chi connectivity index (χ1) is 16.7. The minimum Gasteiger partial charge on any atom is -0.393 e. The quantitative estimate of drug-likeness (QED) is 0.285. The highest BCUT2D eigenvalue weighted by Crippen LogP contribution is 2.74. The number of ketones is 2. The van der Waals surface area contributed by atoms with Crippen LogP contribution in [0.1, 0.15) is 81.1 Å². The summed E-state index contributed by atoms with van der Waals surface area (Å²) in [4.78, 5) is 27.4. The second-order valence-corrected chi connectivity index (χ2v) is 14.4. The topological polar surface area (TPSA) is 135 Å². The molecule has 4 aliphatic carbocycles. The Labute approximate surface area is 220 Å². The van der Waals surface area contributed by atoms with Crippen molar-refractivity contribution in [2.75, 3.05) is 0 Å². The number of aliphatic hydroxyl groups excluding tert-OH is 3. The lowest BCUT2D eigenvalue weighted by Gasteiger charge is -2.65. The van der Waals surface area contributed by atoms with Gasteiger partial charge in [-0.15, -0.1) is 0 Å². The maximum Gasteiger partial charge on any atom is 0.187 e. The molecule has 4 aliphatic rings. The van der Waals surface area contributed by atoms with Gasteiger partial charge in [0.2, 0.25) is 0 Å². The van der Waals surface area contributed by atoms with E-state index >= 15 is 0 Å². The Kier molecular flexibility index (Phi) is 6.43. The Morgan fingerprint density at radius 1 is 1.00 bits per heavy atom. The third-order valence-electron chi connectivity index (χ3n) is 11.4. The zero-order chi connectivity index (χ0) is 28.1. The van der Waals surface area contributed by atoms with E-state index < -0.39 is 62.9 Å². The second kappa shape index (κ2) is 8.31. The van der Waals surface area contributed by atoms with Crippen molar-refractivity contribution in [3.63, 3.8) is 0 Å². The fourth-order valence-corrected chi connectivity index (χ4v) is 9.15. The minimum atomic E-state index is -1.94. The fourth-order valence-electron chi connectivity index (χ4n) is 9.15. The lowest BCUT2D eigenvalue weighted by molar-refractivity contribution is -0.186. The van der Waals surface area contributed by atoms with Gasteiger partial charge in [0.15, 0.2) is 5.78 Å². The summed E-state index contributed by atoms with van der Waals surface area (Å²) in [6.45, 7) is 14.3. The van der Waals surface area contributed by atoms with E-state index in [9.17, 15) is 35.1 Å². The normalized spacial score (nSPS) is 47.1. The first-order valence-corrected chi connectivity index (χ1v) is 13.6. The molecule has 0 aliphatic heterocycles. The van der Waals surface area contributed by atoms with Crippen LogP contribution in [-0.4, -0.2) is 66.6 Å². The second-order valence-electron chi connectivity index (χ2n) is 14.4. The number of rotatable bonds is 4. The van der Waals surface area contributed by atoms with Crippen molar-refractivity contribution in [3.8, 4) is 0 Å². The van der Waals surface area contributed by atoms with Crippen molar-refractivity contribution in [3.05, 3.63) is 23.8 Å². The van der Waals surface area contributed by atoms with Gasteiger partial charge in [-0.1, -0.05) is 52.3 Å². The van der Waals surface area contributed by atoms with E-state index in [0.717, 1.165) is 5.57 Å². The van der Waals surface area contributed by atoms with Gasteiger partial charge in [0.1, 0.15) is 11.4 Å². The molecule has 37 heavy (non-hydrogen) atoms. The van der Waals surface area contributed by atoms with Crippen LogP contribution in [0.3, 0.4) is 0 Å². The third kappa shape index (κ3) is 3.79. The van der Waals surface area contributed by atoms with Gasteiger partial charge in [-0.3, -0.25) is 9.59 Å². The van der Waals surface area contributed by atoms with Crippen LogP contribution in [0.5, 0.6) is 0 Å². The number of hydrogen-bond donors (Lipinski definition) is 5. The van der Waals surface area contributed by atoms with Gasteiger partial charge in [0.25, 0.3) is 0 Å². The van der Waals surface area contributed by atoms with E-state index in [2.05, 4.69) is 13.0 Å². The van der Waals surface area contributed by atoms with Crippen molar-refractivity contribution in [2.24, 2.45) is 39.4 Å². The summed E-state index contributed by atoms with van der Waals surface area (Å²) in [6.07, 6.45) is 3.10. The average molecular weight is 519 g/mol. The summed E-state index contributed by atoms with van der Waals surface area (Å²) >= 11 is 0. The van der Waals surface area contributed by atoms with Crippen molar-refractivity contribution in [1.82, 2.24) is 0 Å². The summed E-state index contributed by atoms with van der Waals surface area (Å²) in [6, 6.07) is 0. The van der Waals surface area contributed by atoms with Gasteiger partial charge in [-0.2, -0.15) is 0 Å². The molecule has 0 aromatic carbocycles. The standard InChI is InChI=1S/C30H46O7/c1-25(2,36)12-11-21(33)30(8,37)23-19(32)14-27(5)20-10-9-16-17(13-18(31)24(35)26(16,3)4)29(20,7)22(34)15-28(23,27)6/h9,11-12,17-20,23-24,31-32,35-37H,10,13-15H2,1-8H3/b12-11+/t17-,18-,19-,20-,23+,24-,27-,28+,29-,30?/m0/s1. The SMILES string of the molecule is CC(C)(O)/C=C/C(=O)C(C)(O)[C@@H]1[C@@H](O)C[C@@]2(C)[C@@H]3CC=C4[C@H](C[C@H](O)[C@H](O)C4(C)C)[C@]3(C)C(=O)C[C@]12C. The molecule has 4 rings (SSSR count). The molecular formula is C30H46O7. The summed E-state index contributed by atoms with van der Waals surface area (Å²) in [5.74, 6) is -1.88. The number of hydrogen-bond acceptors (Lipinski definition) is 7. The zero-order valence-electron chi connectivity index (χ0n) is 23.6. The molecule has 0 aromatic heterocycles. The summed E-state index contributed by atoms with van der Waals surface area (Å²) < 4.78 is 0. The highest BCUT2D eigenvalue weighted by Gasteiger charge is 2.74. The van der Waals surface area contributed by atoms with Crippen LogP contribution in [0, 0.1) is 39.4 Å². The van der Waals surface area contributed by atoms with Crippen LogP contribution < -0.4 is 0 Å². The van der Waals surface area contributed by atoms with E-state index in [4.69, 9.17) is 0 Å². The fraction of sp³-hybridized carbons (Fsp3) is 0.800. The maximum absolute atomic E-state index is 14.2. The predicted octanol–water partition coefficient (Wildman–Crippen LogP) is 2.72. The van der Waals surface area contributed by atoms with Crippen molar-refractivity contribution < 1.29 is 35.1 Å². The van der Waals surface area contributed by atoms with Gasteiger partial charge in [-0.05, 0) is 68.8 Å². The number of Topliss-reactive ketones (excluding diaryl/α,β-unsaturated/α-hetero) is 1. The Bertz CT molecular complexity index is 1050. The van der Waals surface area contributed by atoms with Gasteiger partial charge in [0, 0.05) is 23.2 Å². The highest BCUT2D eigenvalue weighted by atomic mass is 16.3. The third-order valence-corrected chi connectivity index (χ3v) is 11.4. The van der Waals surface area contributed by atoms with Gasteiger partial charge < -0.3 is 25.5 Å². The van der Waals surface area contributed by atoms with Gasteiger partial charge in [-0.25, -0.2) is 0 Å². The van der Waals surface area contributed by atoms with Crippen LogP contribution in [0.2, 0.25) is 0 Å². The Morgan fingerprint density at radius 2 is 1.59 bits per heavy atom. The lowest BCUT2D eigenvalue weighted by atomic mass is 9.38. The number of carbonyl (C=O) groups is 2. The predicted molar refractivity (Wildman–Crippen MR) is 139 cm³/mol. The minimum absolute atomic E-state index is 0.0156. The zero-order valence-corrected chi connectivity index (χ0v) is 23.6. The number of fused-ring (bicyclic) bond motifs is 5. The molecule has 0 heterocycles. The van der Waals surface area contributed by atoms with E-state index in [0.29, 0.717) is 19.3 Å². The Morgan fingerprint density at radius 3 is 2.16 bits per heavy atom. The Balaban J connectivity index is 1.79. The number of allylic oxidation sites excluding steroid dienone is 1. The van der Waals surface area contributed by atoms with Crippen LogP contribution in [0.4, 0.5) is 0 Å². The Hall–Kier alpha value is -1.38. The molecule has 0 bridgehead atoms. The molecular weight excluding hydrogens is 472 g/mol. The molecule has 3 saturated carbocycles. The number of aliphatic hydroxyl groups is 5. The van der Waals surface area contributed by atoms with Gasteiger partial charge >= 0.3 is 0 Å². The van der Waals surface area contributed by atoms with Crippen LogP contribution in [0.15, 0.2) is 23.8 Å². The van der Waals surface area contributed by atoms with Crippen molar-refractivity contribution in [1.29, 1.82) is 0 Å². The van der Waals surface area contributed by atoms with Crippen LogP contribution in [0.25, 0.3) is 0 Å². The van der Waals surface area contributed by atoms with E-state index in [1.807, 2.05) is 27.7 Å². The molecule has 0 spiro atoms. The molecule has 7 nitrogen and oxygen atoms in total. The van der Waals surface area contributed by atoms with E-state index in [-0.39, 0.29) is 24.0 Å². The molecule has 0 radical (unpaired) electrons. The molecule has 0 amide bonds. The molecule has 1 unspecified atom stereocenters. The van der Waals surface area contributed by atoms with E-state index in [1.165, 1.54) is 32.9 Å². The first kappa shape index (κ1) is 28.6. The summed E-state index contributed by atoms with van der Waals surface area (Å²) in [5, 5.41) is 54.6. The summed E-state index contributed by atoms with van der Waals surface area (Å²) in [5.41, 5.74) is -5.07. The lowest BCUT2D eigenvalue weighted by Crippen LogP contribution is -2.65. The molecule has 5 N–H and O–H groups in total. The largest absolute Gasteiger partial charge is 0.393 e. The van der Waals surface area contributed by atoms with Crippen molar-refractivity contribution in [2.45, 2.75) is 111 Å². The summed E-state index contributed by atoms with van der Waals surface area (Å²) in [7, 11) is 0. The molecule has 10 atom stereocenters. The molecule has 0 saturated heterocycles. The van der Waals surface area contributed by atoms with Crippen LogP contribution in [-0.2, 0) is 9.59 Å². The average Bonchev–Trinajstić information content (AvgIpc) is 2.96. The first-order valence-electron chi connectivity index (χ1n) is 13.6. The monoisotopic (exact) mass is 518 g/mol. The highest BCUT2D eigenvalue weighted by molar-refractivity contribution is 5.97. The van der Waals surface area contributed by atoms with Crippen molar-refractivity contribution >= 4 is 11.6 Å². The smallest absolute Gasteiger partial charge is 0.187 e. The molecule has 7 heteroatoms. The number of carbonyl (C=O) groups excluding carboxylic acids is 2. The van der Waals surface area contributed by atoms with E-state index in [1.54, 1.807) is 0 Å². The van der Waals surface area contributed by atoms with Gasteiger partial charge in [0.05, 0.1) is 23.9 Å². The molecule has 0 aromatic rings. The molecule has 208 valence electrons.